The fourth-order valence-electron chi connectivity index (χ4n) is 2.61. The first-order valence-corrected chi connectivity index (χ1v) is 6.81. The molecule has 15 heavy (non-hydrogen) atoms. The van der Waals surface area contributed by atoms with Crippen LogP contribution in [0.15, 0.2) is 11.6 Å². The Hall–Kier alpha value is -0.300. The van der Waals surface area contributed by atoms with Gasteiger partial charge in [-0.2, -0.15) is 0 Å². The van der Waals surface area contributed by atoms with Crippen LogP contribution in [0.3, 0.4) is 0 Å². The van der Waals surface area contributed by atoms with E-state index in [4.69, 9.17) is 0 Å². The third-order valence-electron chi connectivity index (χ3n) is 3.71. The Bertz CT molecular complexity index is 215. The molecule has 0 saturated heterocycles. The summed E-state index contributed by atoms with van der Waals surface area (Å²) in [6.45, 7) is 3.46. The van der Waals surface area contributed by atoms with Gasteiger partial charge in [0.15, 0.2) is 0 Å². The Morgan fingerprint density at radius 3 is 2.87 bits per heavy atom. The highest BCUT2D eigenvalue weighted by Gasteiger charge is 2.31. The molecule has 0 aliphatic heterocycles. The summed E-state index contributed by atoms with van der Waals surface area (Å²) in [6, 6.07) is 0.800. The largest absolute Gasteiger partial charge is 0.313 e. The van der Waals surface area contributed by atoms with Gasteiger partial charge in [0.2, 0.25) is 0 Å². The van der Waals surface area contributed by atoms with Gasteiger partial charge in [-0.3, -0.25) is 0 Å². The van der Waals surface area contributed by atoms with Gasteiger partial charge < -0.3 is 5.32 Å². The van der Waals surface area contributed by atoms with E-state index in [0.717, 1.165) is 12.0 Å². The van der Waals surface area contributed by atoms with Crippen molar-refractivity contribution >= 4 is 0 Å². The molecule has 1 unspecified atom stereocenters. The summed E-state index contributed by atoms with van der Waals surface area (Å²) in [5.41, 5.74) is 1.74. The van der Waals surface area contributed by atoms with Crippen molar-refractivity contribution in [2.75, 3.05) is 6.54 Å². The first-order chi connectivity index (χ1) is 7.40. The van der Waals surface area contributed by atoms with Crippen molar-refractivity contribution in [1.29, 1.82) is 0 Å². The second kappa shape index (κ2) is 5.69. The van der Waals surface area contributed by atoms with E-state index >= 15 is 0 Å². The second-order valence-electron chi connectivity index (χ2n) is 5.21. The fourth-order valence-corrected chi connectivity index (χ4v) is 2.61. The van der Waals surface area contributed by atoms with Crippen molar-refractivity contribution in [3.8, 4) is 0 Å². The van der Waals surface area contributed by atoms with Gasteiger partial charge >= 0.3 is 0 Å². The van der Waals surface area contributed by atoms with E-state index in [1.165, 1.54) is 57.9 Å². The highest BCUT2D eigenvalue weighted by molar-refractivity contribution is 5.08. The van der Waals surface area contributed by atoms with E-state index in [0.29, 0.717) is 0 Å². The van der Waals surface area contributed by atoms with Crippen LogP contribution in [0.5, 0.6) is 0 Å². The minimum absolute atomic E-state index is 0.800. The predicted octanol–water partition coefficient (Wildman–Crippen LogP) is 3.66. The van der Waals surface area contributed by atoms with Crippen LogP contribution in [0.25, 0.3) is 0 Å². The molecule has 0 heterocycles. The third-order valence-corrected chi connectivity index (χ3v) is 3.71. The van der Waals surface area contributed by atoms with Crippen LogP contribution >= 0.6 is 0 Å². The molecule has 0 amide bonds. The summed E-state index contributed by atoms with van der Waals surface area (Å²) in [4.78, 5) is 0. The van der Waals surface area contributed by atoms with E-state index in [2.05, 4.69) is 18.3 Å². The van der Waals surface area contributed by atoms with Crippen LogP contribution in [0.1, 0.15) is 58.3 Å². The molecular formula is C14H25N. The van der Waals surface area contributed by atoms with Gasteiger partial charge in [0.1, 0.15) is 0 Å². The molecule has 1 atom stereocenters. The molecule has 1 N–H and O–H groups in total. The topological polar surface area (TPSA) is 12.0 Å². The maximum atomic E-state index is 3.74. The molecule has 0 radical (unpaired) electrons. The summed E-state index contributed by atoms with van der Waals surface area (Å²) >= 11 is 0. The molecule has 1 saturated carbocycles. The van der Waals surface area contributed by atoms with E-state index in [1.807, 2.05) is 0 Å². The number of nitrogens with one attached hydrogen (secondary N) is 1. The van der Waals surface area contributed by atoms with Crippen molar-refractivity contribution in [2.24, 2.45) is 5.92 Å². The van der Waals surface area contributed by atoms with Crippen LogP contribution in [0.2, 0.25) is 0 Å². The van der Waals surface area contributed by atoms with E-state index in [-0.39, 0.29) is 0 Å². The smallest absolute Gasteiger partial charge is 0.0132 e. The molecule has 1 nitrogen and oxygen atoms in total. The normalized spacial score (nSPS) is 23.7. The molecule has 2 aliphatic rings. The summed E-state index contributed by atoms with van der Waals surface area (Å²) in [7, 11) is 0. The quantitative estimate of drug-likeness (QED) is 0.655. The van der Waals surface area contributed by atoms with Gasteiger partial charge in [-0.05, 0) is 63.8 Å². The zero-order chi connectivity index (χ0) is 10.5. The summed E-state index contributed by atoms with van der Waals surface area (Å²) < 4.78 is 0. The third kappa shape index (κ3) is 3.64. The summed E-state index contributed by atoms with van der Waals surface area (Å²) in [6.07, 6.45) is 13.6. The van der Waals surface area contributed by atoms with Gasteiger partial charge in [-0.1, -0.05) is 18.6 Å². The van der Waals surface area contributed by atoms with Crippen LogP contribution in [-0.2, 0) is 0 Å². The lowest BCUT2D eigenvalue weighted by atomic mass is 9.92. The van der Waals surface area contributed by atoms with Crippen LogP contribution in [0, 0.1) is 5.92 Å². The lowest BCUT2D eigenvalue weighted by molar-refractivity contribution is 0.449. The van der Waals surface area contributed by atoms with Crippen LogP contribution < -0.4 is 5.32 Å². The number of rotatable bonds is 6. The highest BCUT2D eigenvalue weighted by atomic mass is 14.9. The predicted molar refractivity (Wildman–Crippen MR) is 66.0 cm³/mol. The minimum atomic E-state index is 0.800. The average Bonchev–Trinajstić information content (AvgIpc) is 3.09. The zero-order valence-electron chi connectivity index (χ0n) is 10.1. The monoisotopic (exact) mass is 207 g/mol. The number of hydrogen-bond acceptors (Lipinski definition) is 1. The Balaban J connectivity index is 1.79. The molecule has 0 aromatic rings. The maximum Gasteiger partial charge on any atom is 0.0132 e. The molecule has 0 aromatic heterocycles. The molecule has 2 rings (SSSR count). The zero-order valence-corrected chi connectivity index (χ0v) is 10.1. The maximum absolute atomic E-state index is 3.74. The lowest BCUT2D eigenvalue weighted by Crippen LogP contribution is -2.32. The molecular weight excluding hydrogens is 182 g/mol. The van der Waals surface area contributed by atoms with Crippen LogP contribution in [-0.4, -0.2) is 12.6 Å². The van der Waals surface area contributed by atoms with Crippen molar-refractivity contribution in [2.45, 2.75) is 64.3 Å². The van der Waals surface area contributed by atoms with Gasteiger partial charge in [-0.25, -0.2) is 0 Å². The highest BCUT2D eigenvalue weighted by Crippen LogP contribution is 2.36. The SMILES string of the molecule is CCCNC(CC1=CCCCC1)C1CC1. The first kappa shape index (κ1) is 11.2. The van der Waals surface area contributed by atoms with Gasteiger partial charge in [-0.15, -0.1) is 0 Å². The van der Waals surface area contributed by atoms with Gasteiger partial charge in [0.25, 0.3) is 0 Å². The van der Waals surface area contributed by atoms with E-state index < -0.39 is 0 Å². The first-order valence-electron chi connectivity index (χ1n) is 6.81. The fraction of sp³-hybridized carbons (Fsp3) is 0.857. The summed E-state index contributed by atoms with van der Waals surface area (Å²) in [5, 5.41) is 3.74. The summed E-state index contributed by atoms with van der Waals surface area (Å²) in [5.74, 6) is 0.999. The Labute approximate surface area is 94.3 Å². The second-order valence-corrected chi connectivity index (χ2v) is 5.21. The van der Waals surface area contributed by atoms with Gasteiger partial charge in [0.05, 0.1) is 0 Å². The van der Waals surface area contributed by atoms with Gasteiger partial charge in [0, 0.05) is 6.04 Å². The van der Waals surface area contributed by atoms with E-state index in [9.17, 15) is 0 Å². The number of hydrogen-bond donors (Lipinski definition) is 1. The molecule has 0 bridgehead atoms. The molecule has 0 aromatic carbocycles. The number of allylic oxidation sites excluding steroid dienone is 1. The Kier molecular flexibility index (Phi) is 4.25. The minimum Gasteiger partial charge on any atom is -0.313 e. The molecule has 1 fully saturated rings. The standard InChI is InChI=1S/C14H25N/c1-2-10-15-14(13-8-9-13)11-12-6-4-3-5-7-12/h6,13-15H,2-5,7-11H2,1H3. The Morgan fingerprint density at radius 1 is 1.40 bits per heavy atom. The van der Waals surface area contributed by atoms with E-state index in [1.54, 1.807) is 5.57 Å². The van der Waals surface area contributed by atoms with Crippen LogP contribution in [0.4, 0.5) is 0 Å². The Morgan fingerprint density at radius 2 is 2.27 bits per heavy atom. The van der Waals surface area contributed by atoms with Crippen molar-refractivity contribution < 1.29 is 0 Å². The molecule has 1 heteroatoms. The molecule has 86 valence electrons. The molecule has 0 spiro atoms. The lowest BCUT2D eigenvalue weighted by Gasteiger charge is -2.21. The molecule has 2 aliphatic carbocycles. The van der Waals surface area contributed by atoms with Crippen molar-refractivity contribution in [3.05, 3.63) is 11.6 Å². The van der Waals surface area contributed by atoms with Crippen molar-refractivity contribution in [1.82, 2.24) is 5.32 Å². The average molecular weight is 207 g/mol. The van der Waals surface area contributed by atoms with Crippen molar-refractivity contribution in [3.63, 3.8) is 0 Å².